The first-order chi connectivity index (χ1) is 17.0. The van der Waals surface area contributed by atoms with E-state index in [-0.39, 0.29) is 16.8 Å². The Morgan fingerprint density at radius 3 is 1.54 bits per heavy atom. The predicted molar refractivity (Wildman–Crippen MR) is 145 cm³/mol. The molecule has 0 heterocycles. The molecule has 0 spiro atoms. The zero-order chi connectivity index (χ0) is 28.3. The van der Waals surface area contributed by atoms with E-state index in [0.717, 1.165) is 6.42 Å². The number of carbonyl (C=O) groups excluding carboxylic acids is 1. The molecule has 37 heavy (non-hydrogen) atoms. The number of hydrogen-bond donors (Lipinski definition) is 0. The fraction of sp³-hybridized carbons (Fsp3) is 0.759. The molecule has 8 nitrogen and oxygen atoms in total. The molecule has 0 saturated heterocycles. The molecule has 0 saturated carbocycles. The Bertz CT molecular complexity index is 829. The summed E-state index contributed by atoms with van der Waals surface area (Å²) >= 11 is 0. The third-order valence-corrected chi connectivity index (χ3v) is 6.36. The van der Waals surface area contributed by atoms with Crippen LogP contribution < -0.4 is 9.47 Å². The summed E-state index contributed by atoms with van der Waals surface area (Å²) in [6.45, 7) is 18.0. The first-order valence-electron chi connectivity index (χ1n) is 12.9. The van der Waals surface area contributed by atoms with Gasteiger partial charge in [0, 0.05) is 33.1 Å². The van der Waals surface area contributed by atoms with Gasteiger partial charge in [-0.25, -0.2) is 4.79 Å². The molecule has 0 atom stereocenters. The molecular formula is C29H50O8. The molecule has 8 heteroatoms. The topological polar surface area (TPSA) is 81.7 Å². The highest BCUT2D eigenvalue weighted by Gasteiger charge is 2.25. The molecule has 1 aromatic carbocycles. The maximum absolute atomic E-state index is 12.2. The van der Waals surface area contributed by atoms with Gasteiger partial charge in [0.1, 0.15) is 11.5 Å². The third-order valence-electron chi connectivity index (χ3n) is 6.36. The van der Waals surface area contributed by atoms with Crippen molar-refractivity contribution >= 4 is 5.97 Å². The van der Waals surface area contributed by atoms with Gasteiger partial charge in [-0.3, -0.25) is 0 Å². The lowest BCUT2D eigenvalue weighted by Crippen LogP contribution is -2.36. The number of methoxy groups -OCH3 is 3. The van der Waals surface area contributed by atoms with Gasteiger partial charge in [-0.2, -0.15) is 0 Å². The molecular weight excluding hydrogens is 476 g/mol. The Labute approximate surface area is 224 Å². The van der Waals surface area contributed by atoms with Crippen molar-refractivity contribution in [2.45, 2.75) is 97.1 Å². The highest BCUT2D eigenvalue weighted by molar-refractivity contribution is 5.90. The minimum absolute atomic E-state index is 0.223. The molecule has 0 aliphatic rings. The molecule has 0 aromatic heterocycles. The van der Waals surface area contributed by atoms with Crippen molar-refractivity contribution in [1.29, 1.82) is 0 Å². The van der Waals surface area contributed by atoms with Gasteiger partial charge in [0.2, 0.25) is 0 Å². The standard InChI is InChI=1S/C29H50O8/c1-26(2,32-10)14-17-36-27(3,4)12-15-34-23-18-22(25(30)31-9)19-24(20-23)35-16-13-28(5,6)37-21-29(7,8)33-11/h18-20H,12-17,21H2,1-11H3. The molecule has 0 unspecified atom stereocenters. The van der Waals surface area contributed by atoms with Crippen LogP contribution in [0, 0.1) is 0 Å². The van der Waals surface area contributed by atoms with Crippen LogP contribution in [0.1, 0.15) is 85.0 Å². The van der Waals surface area contributed by atoms with E-state index in [9.17, 15) is 4.79 Å². The summed E-state index contributed by atoms with van der Waals surface area (Å²) in [7, 11) is 4.73. The smallest absolute Gasteiger partial charge is 0.338 e. The first-order valence-corrected chi connectivity index (χ1v) is 12.9. The molecule has 1 rings (SSSR count). The maximum Gasteiger partial charge on any atom is 0.338 e. The Balaban J connectivity index is 2.72. The highest BCUT2D eigenvalue weighted by atomic mass is 16.6. The van der Waals surface area contributed by atoms with Crippen LogP contribution in [0.25, 0.3) is 0 Å². The zero-order valence-electron chi connectivity index (χ0n) is 24.9. The minimum Gasteiger partial charge on any atom is -0.493 e. The lowest BCUT2D eigenvalue weighted by Gasteiger charge is -2.31. The van der Waals surface area contributed by atoms with E-state index in [4.69, 9.17) is 33.2 Å². The first kappa shape index (κ1) is 33.2. The van der Waals surface area contributed by atoms with E-state index in [1.807, 2.05) is 55.4 Å². The largest absolute Gasteiger partial charge is 0.493 e. The van der Waals surface area contributed by atoms with E-state index in [1.54, 1.807) is 32.4 Å². The van der Waals surface area contributed by atoms with Crippen LogP contribution in [-0.2, 0) is 23.7 Å². The summed E-state index contributed by atoms with van der Waals surface area (Å²) in [5.74, 6) is 0.611. The number of carbonyl (C=O) groups is 1. The Hall–Kier alpha value is -1.87. The van der Waals surface area contributed by atoms with Crippen molar-refractivity contribution in [1.82, 2.24) is 0 Å². The van der Waals surface area contributed by atoms with Crippen molar-refractivity contribution in [3.63, 3.8) is 0 Å². The molecule has 0 fully saturated rings. The van der Waals surface area contributed by atoms with Crippen LogP contribution in [0.5, 0.6) is 11.5 Å². The van der Waals surface area contributed by atoms with Crippen LogP contribution in [0.4, 0.5) is 0 Å². The second-order valence-electron chi connectivity index (χ2n) is 11.7. The van der Waals surface area contributed by atoms with E-state index < -0.39 is 11.6 Å². The number of esters is 1. The molecule has 0 amide bonds. The fourth-order valence-corrected chi connectivity index (χ4v) is 3.05. The zero-order valence-corrected chi connectivity index (χ0v) is 24.9. The molecule has 0 aliphatic carbocycles. The Morgan fingerprint density at radius 1 is 0.622 bits per heavy atom. The van der Waals surface area contributed by atoms with E-state index >= 15 is 0 Å². The number of hydrogen-bond acceptors (Lipinski definition) is 8. The third kappa shape index (κ3) is 13.5. The van der Waals surface area contributed by atoms with Crippen LogP contribution >= 0.6 is 0 Å². The van der Waals surface area contributed by atoms with E-state index in [0.29, 0.717) is 56.3 Å². The summed E-state index contributed by atoms with van der Waals surface area (Å²) < 4.78 is 39.9. The molecule has 0 aliphatic heterocycles. The monoisotopic (exact) mass is 526 g/mol. The molecule has 1 aromatic rings. The number of rotatable bonds is 18. The van der Waals surface area contributed by atoms with Crippen molar-refractivity contribution in [2.24, 2.45) is 0 Å². The number of benzene rings is 1. The Morgan fingerprint density at radius 2 is 1.08 bits per heavy atom. The van der Waals surface area contributed by atoms with Crippen molar-refractivity contribution in [3.05, 3.63) is 23.8 Å². The fourth-order valence-electron chi connectivity index (χ4n) is 3.05. The second kappa shape index (κ2) is 14.3. The molecule has 0 radical (unpaired) electrons. The maximum atomic E-state index is 12.2. The van der Waals surface area contributed by atoms with Gasteiger partial charge in [-0.05, 0) is 73.9 Å². The van der Waals surface area contributed by atoms with Gasteiger partial charge in [-0.15, -0.1) is 0 Å². The lowest BCUT2D eigenvalue weighted by molar-refractivity contribution is -0.111. The average molecular weight is 527 g/mol. The summed E-state index contributed by atoms with van der Waals surface area (Å²) in [5, 5.41) is 0. The van der Waals surface area contributed by atoms with Crippen LogP contribution in [0.2, 0.25) is 0 Å². The van der Waals surface area contributed by atoms with E-state index in [2.05, 4.69) is 0 Å². The molecule has 0 N–H and O–H groups in total. The molecule has 0 bridgehead atoms. The quantitative estimate of drug-likeness (QED) is 0.221. The van der Waals surface area contributed by atoms with E-state index in [1.165, 1.54) is 7.11 Å². The average Bonchev–Trinajstić information content (AvgIpc) is 2.82. The van der Waals surface area contributed by atoms with Gasteiger partial charge in [0.05, 0.1) is 61.5 Å². The lowest BCUT2D eigenvalue weighted by atomic mass is 10.0. The summed E-state index contributed by atoms with van der Waals surface area (Å²) in [4.78, 5) is 12.2. The number of ether oxygens (including phenoxy) is 7. The predicted octanol–water partition coefficient (Wildman–Crippen LogP) is 5.84. The summed E-state index contributed by atoms with van der Waals surface area (Å²) in [5.41, 5.74) is -0.992. The van der Waals surface area contributed by atoms with Gasteiger partial charge >= 0.3 is 5.97 Å². The van der Waals surface area contributed by atoms with Crippen molar-refractivity contribution < 1.29 is 38.0 Å². The summed E-state index contributed by atoms with van der Waals surface area (Å²) in [6, 6.07) is 5.10. The summed E-state index contributed by atoms with van der Waals surface area (Å²) in [6.07, 6.45) is 2.11. The minimum atomic E-state index is -0.454. The van der Waals surface area contributed by atoms with Crippen LogP contribution in [0.3, 0.4) is 0 Å². The molecule has 214 valence electrons. The van der Waals surface area contributed by atoms with Crippen LogP contribution in [-0.4, -0.2) is 76.1 Å². The normalized spacial score (nSPS) is 12.9. The Kier molecular flexibility index (Phi) is 12.8. The highest BCUT2D eigenvalue weighted by Crippen LogP contribution is 2.26. The van der Waals surface area contributed by atoms with Crippen molar-refractivity contribution in [3.8, 4) is 11.5 Å². The van der Waals surface area contributed by atoms with Gasteiger partial charge < -0.3 is 33.2 Å². The van der Waals surface area contributed by atoms with Gasteiger partial charge in [-0.1, -0.05) is 0 Å². The second-order valence-corrected chi connectivity index (χ2v) is 11.7. The SMILES string of the molecule is COC(=O)c1cc(OCCC(C)(C)OCCC(C)(C)OC)cc(OCCC(C)(C)OCC(C)(C)OC)c1. The van der Waals surface area contributed by atoms with Gasteiger partial charge in [0.15, 0.2) is 0 Å². The van der Waals surface area contributed by atoms with Gasteiger partial charge in [0.25, 0.3) is 0 Å². The van der Waals surface area contributed by atoms with Crippen molar-refractivity contribution in [2.75, 3.05) is 47.8 Å². The van der Waals surface area contributed by atoms with Crippen LogP contribution in [0.15, 0.2) is 18.2 Å².